The lowest BCUT2D eigenvalue weighted by Gasteiger charge is -2.35. The SMILES string of the molecule is CCOS(=O)(=O)C[C@@]12CC[C@@H](CC1=O)C2(C)C. The molecule has 17 heavy (non-hydrogen) atoms. The first-order valence-corrected chi connectivity index (χ1v) is 7.73. The van der Waals surface area contributed by atoms with E-state index in [9.17, 15) is 13.2 Å². The Bertz CT molecular complexity index is 437. The Labute approximate surface area is 103 Å². The van der Waals surface area contributed by atoms with Gasteiger partial charge in [0.05, 0.1) is 17.8 Å². The van der Waals surface area contributed by atoms with Crippen molar-refractivity contribution in [1.82, 2.24) is 0 Å². The average molecular weight is 260 g/mol. The smallest absolute Gasteiger partial charge is 0.268 e. The van der Waals surface area contributed by atoms with Crippen molar-refractivity contribution in [2.75, 3.05) is 12.4 Å². The molecule has 2 aliphatic carbocycles. The lowest BCUT2D eigenvalue weighted by atomic mass is 9.70. The van der Waals surface area contributed by atoms with Crippen molar-refractivity contribution in [3.05, 3.63) is 0 Å². The molecule has 0 spiro atoms. The maximum absolute atomic E-state index is 12.1. The van der Waals surface area contributed by atoms with E-state index in [1.165, 1.54) is 0 Å². The summed E-state index contributed by atoms with van der Waals surface area (Å²) in [5.41, 5.74) is -0.917. The largest absolute Gasteiger partial charge is 0.299 e. The maximum atomic E-state index is 12.1. The number of carbonyl (C=O) groups is 1. The highest BCUT2D eigenvalue weighted by molar-refractivity contribution is 7.86. The second-order valence-electron chi connectivity index (χ2n) is 5.78. The van der Waals surface area contributed by atoms with Crippen molar-refractivity contribution in [1.29, 1.82) is 0 Å². The van der Waals surface area contributed by atoms with E-state index in [0.29, 0.717) is 18.8 Å². The summed E-state index contributed by atoms with van der Waals surface area (Å²) in [6, 6.07) is 0. The summed E-state index contributed by atoms with van der Waals surface area (Å²) < 4.78 is 28.5. The summed E-state index contributed by atoms with van der Waals surface area (Å²) in [5.74, 6) is 0.310. The molecular weight excluding hydrogens is 240 g/mol. The highest BCUT2D eigenvalue weighted by atomic mass is 32.2. The molecule has 0 aliphatic heterocycles. The summed E-state index contributed by atoms with van der Waals surface area (Å²) in [7, 11) is -3.58. The van der Waals surface area contributed by atoms with Crippen molar-refractivity contribution in [2.24, 2.45) is 16.7 Å². The van der Waals surface area contributed by atoms with Crippen molar-refractivity contribution in [3.63, 3.8) is 0 Å². The predicted molar refractivity (Wildman–Crippen MR) is 64.0 cm³/mol. The second-order valence-corrected chi connectivity index (χ2v) is 7.41. The molecule has 2 rings (SSSR count). The first kappa shape index (κ1) is 13.0. The first-order chi connectivity index (χ1) is 7.75. The number of hydrogen-bond acceptors (Lipinski definition) is 4. The highest BCUT2D eigenvalue weighted by Gasteiger charge is 2.65. The number of fused-ring (bicyclic) bond motifs is 2. The van der Waals surface area contributed by atoms with Gasteiger partial charge in [-0.15, -0.1) is 0 Å². The van der Waals surface area contributed by atoms with E-state index in [4.69, 9.17) is 4.18 Å². The van der Waals surface area contributed by atoms with Gasteiger partial charge in [0.15, 0.2) is 0 Å². The molecule has 2 fully saturated rings. The quantitative estimate of drug-likeness (QED) is 0.722. The molecule has 0 heterocycles. The zero-order valence-corrected chi connectivity index (χ0v) is 11.5. The molecule has 98 valence electrons. The summed E-state index contributed by atoms with van der Waals surface area (Å²) in [4.78, 5) is 12.1. The minimum absolute atomic E-state index is 0.113. The number of ketones is 1. The van der Waals surface area contributed by atoms with Gasteiger partial charge in [0.1, 0.15) is 5.78 Å². The Morgan fingerprint density at radius 1 is 1.41 bits per heavy atom. The number of Topliss-reactive ketones (excluding diaryl/α,β-unsaturated/α-hetero) is 1. The van der Waals surface area contributed by atoms with Gasteiger partial charge in [-0.2, -0.15) is 8.42 Å². The highest BCUT2D eigenvalue weighted by Crippen LogP contribution is 2.64. The molecule has 0 aromatic heterocycles. The standard InChI is InChI=1S/C12H20O4S/c1-4-16-17(14,15)8-12-6-5-9(7-10(12)13)11(12,2)3/h9H,4-8H2,1-3H3/t9-,12-/m0/s1. The fourth-order valence-corrected chi connectivity index (χ4v) is 5.35. The molecule has 2 saturated carbocycles. The normalized spacial score (nSPS) is 35.5. The van der Waals surface area contributed by atoms with Crippen LogP contribution in [0.4, 0.5) is 0 Å². The molecular formula is C12H20O4S. The van der Waals surface area contributed by atoms with Crippen molar-refractivity contribution in [2.45, 2.75) is 40.0 Å². The van der Waals surface area contributed by atoms with Crippen LogP contribution in [0.3, 0.4) is 0 Å². The third-order valence-electron chi connectivity index (χ3n) is 4.86. The van der Waals surface area contributed by atoms with Crippen molar-refractivity contribution >= 4 is 15.9 Å². The predicted octanol–water partition coefficient (Wildman–Crippen LogP) is 1.75. The molecule has 2 aliphatic rings. The van der Waals surface area contributed by atoms with Crippen LogP contribution in [-0.4, -0.2) is 26.6 Å². The molecule has 0 amide bonds. The van der Waals surface area contributed by atoms with Gasteiger partial charge in [-0.3, -0.25) is 8.98 Å². The van der Waals surface area contributed by atoms with Gasteiger partial charge in [0.25, 0.3) is 10.1 Å². The minimum Gasteiger partial charge on any atom is -0.299 e. The van der Waals surface area contributed by atoms with E-state index in [1.807, 2.05) is 13.8 Å². The Hall–Kier alpha value is -0.420. The Balaban J connectivity index is 2.33. The number of carbonyl (C=O) groups excluding carboxylic acids is 1. The van der Waals surface area contributed by atoms with Crippen molar-refractivity contribution < 1.29 is 17.4 Å². The van der Waals surface area contributed by atoms with Crippen LogP contribution in [0.15, 0.2) is 0 Å². The van der Waals surface area contributed by atoms with Crippen LogP contribution >= 0.6 is 0 Å². The minimum atomic E-state index is -3.58. The van der Waals surface area contributed by atoms with Gasteiger partial charge in [-0.1, -0.05) is 13.8 Å². The fraction of sp³-hybridized carbons (Fsp3) is 0.917. The molecule has 0 unspecified atom stereocenters. The molecule has 0 aromatic carbocycles. The molecule has 0 N–H and O–H groups in total. The topological polar surface area (TPSA) is 60.4 Å². The van der Waals surface area contributed by atoms with E-state index in [1.54, 1.807) is 6.92 Å². The zero-order chi connectivity index (χ0) is 12.9. The van der Waals surface area contributed by atoms with E-state index in [0.717, 1.165) is 6.42 Å². The summed E-state index contributed by atoms with van der Waals surface area (Å²) in [5, 5.41) is 0. The molecule has 5 heteroatoms. The molecule has 2 bridgehead atoms. The van der Waals surface area contributed by atoms with E-state index < -0.39 is 15.5 Å². The van der Waals surface area contributed by atoms with E-state index in [-0.39, 0.29) is 23.6 Å². The van der Waals surface area contributed by atoms with Gasteiger partial charge in [-0.05, 0) is 31.1 Å². The third-order valence-corrected chi connectivity index (χ3v) is 6.30. The molecule has 2 atom stereocenters. The number of rotatable bonds is 4. The fourth-order valence-electron chi connectivity index (χ4n) is 3.63. The average Bonchev–Trinajstić information content (AvgIpc) is 2.50. The lowest BCUT2D eigenvalue weighted by Crippen LogP contribution is -2.42. The summed E-state index contributed by atoms with van der Waals surface area (Å²) >= 11 is 0. The van der Waals surface area contributed by atoms with Crippen LogP contribution < -0.4 is 0 Å². The molecule has 4 nitrogen and oxygen atoms in total. The Morgan fingerprint density at radius 2 is 2.06 bits per heavy atom. The monoisotopic (exact) mass is 260 g/mol. The van der Waals surface area contributed by atoms with Gasteiger partial charge in [-0.25, -0.2) is 0 Å². The Morgan fingerprint density at radius 3 is 2.47 bits per heavy atom. The van der Waals surface area contributed by atoms with Gasteiger partial charge >= 0.3 is 0 Å². The zero-order valence-electron chi connectivity index (χ0n) is 10.7. The van der Waals surface area contributed by atoms with Crippen molar-refractivity contribution in [3.8, 4) is 0 Å². The van der Waals surface area contributed by atoms with Gasteiger partial charge in [0, 0.05) is 6.42 Å². The van der Waals surface area contributed by atoms with Crippen LogP contribution in [-0.2, 0) is 19.1 Å². The van der Waals surface area contributed by atoms with Crippen LogP contribution in [0, 0.1) is 16.7 Å². The lowest BCUT2D eigenvalue weighted by molar-refractivity contribution is -0.128. The molecule has 0 saturated heterocycles. The third kappa shape index (κ3) is 1.74. The van der Waals surface area contributed by atoms with E-state index >= 15 is 0 Å². The number of hydrogen-bond donors (Lipinski definition) is 0. The van der Waals surface area contributed by atoms with Crippen LogP contribution in [0.1, 0.15) is 40.0 Å². The Kier molecular flexibility index (Phi) is 2.90. The molecule has 0 radical (unpaired) electrons. The second kappa shape index (κ2) is 3.79. The van der Waals surface area contributed by atoms with Gasteiger partial charge < -0.3 is 0 Å². The van der Waals surface area contributed by atoms with Crippen LogP contribution in [0.25, 0.3) is 0 Å². The first-order valence-electron chi connectivity index (χ1n) is 6.15. The van der Waals surface area contributed by atoms with Crippen LogP contribution in [0.2, 0.25) is 0 Å². The van der Waals surface area contributed by atoms with Gasteiger partial charge in [0.2, 0.25) is 0 Å². The summed E-state index contributed by atoms with van der Waals surface area (Å²) in [6.45, 7) is 5.83. The van der Waals surface area contributed by atoms with E-state index in [2.05, 4.69) is 0 Å². The summed E-state index contributed by atoms with van der Waals surface area (Å²) in [6.07, 6.45) is 2.19. The maximum Gasteiger partial charge on any atom is 0.268 e. The van der Waals surface area contributed by atoms with Crippen LogP contribution in [0.5, 0.6) is 0 Å². The molecule has 0 aromatic rings.